The Balaban J connectivity index is 1.64. The van der Waals surface area contributed by atoms with Gasteiger partial charge < -0.3 is 20.5 Å². The predicted octanol–water partition coefficient (Wildman–Crippen LogP) is 2.57. The molecule has 2 aliphatic rings. The maximum atomic E-state index is 11.8. The van der Waals surface area contributed by atoms with Gasteiger partial charge in [0, 0.05) is 12.1 Å². The van der Waals surface area contributed by atoms with Crippen molar-refractivity contribution in [1.29, 1.82) is 0 Å². The second kappa shape index (κ2) is 7.64. The smallest absolute Gasteiger partial charge is 0.407 e. The third-order valence-electron chi connectivity index (χ3n) is 4.60. The highest BCUT2D eigenvalue weighted by molar-refractivity contribution is 5.68. The fraction of sp³-hybridized carbons (Fsp3) is 0.941. The quantitative estimate of drug-likeness (QED) is 0.746. The second-order valence-corrected chi connectivity index (χ2v) is 7.95. The molecule has 128 valence electrons. The van der Waals surface area contributed by atoms with Crippen molar-refractivity contribution in [3.8, 4) is 0 Å². The first kappa shape index (κ1) is 17.5. The molecule has 0 spiro atoms. The normalized spacial score (nSPS) is 32.7. The van der Waals surface area contributed by atoms with Crippen LogP contribution in [0.4, 0.5) is 4.79 Å². The molecule has 4 atom stereocenters. The molecule has 0 aliphatic heterocycles. The van der Waals surface area contributed by atoms with Gasteiger partial charge in [-0.3, -0.25) is 0 Å². The van der Waals surface area contributed by atoms with E-state index in [-0.39, 0.29) is 18.2 Å². The van der Waals surface area contributed by atoms with E-state index in [2.05, 4.69) is 10.6 Å². The summed E-state index contributed by atoms with van der Waals surface area (Å²) < 4.78 is 5.30. The molecule has 22 heavy (non-hydrogen) atoms. The topological polar surface area (TPSA) is 70.6 Å². The summed E-state index contributed by atoms with van der Waals surface area (Å²) in [7, 11) is 0. The van der Waals surface area contributed by atoms with Crippen molar-refractivity contribution in [3.05, 3.63) is 0 Å². The Morgan fingerprint density at radius 3 is 2.55 bits per heavy atom. The average molecular weight is 312 g/mol. The number of hydrogen-bond donors (Lipinski definition) is 3. The number of rotatable bonds is 4. The van der Waals surface area contributed by atoms with Gasteiger partial charge in [-0.05, 0) is 71.8 Å². The van der Waals surface area contributed by atoms with Crippen LogP contribution in [0.5, 0.6) is 0 Å². The van der Waals surface area contributed by atoms with Crippen LogP contribution in [0.1, 0.15) is 65.7 Å². The average Bonchev–Trinajstić information content (AvgIpc) is 2.81. The third-order valence-corrected chi connectivity index (χ3v) is 4.60. The van der Waals surface area contributed by atoms with Crippen LogP contribution in [0.15, 0.2) is 0 Å². The molecular formula is C17H32N2O3. The molecule has 4 unspecified atom stereocenters. The van der Waals surface area contributed by atoms with Crippen molar-refractivity contribution in [2.45, 2.75) is 89.5 Å². The lowest BCUT2D eigenvalue weighted by molar-refractivity contribution is 0.0504. The van der Waals surface area contributed by atoms with E-state index in [1.807, 2.05) is 20.8 Å². The molecule has 5 heteroatoms. The van der Waals surface area contributed by atoms with Crippen molar-refractivity contribution < 1.29 is 14.6 Å². The van der Waals surface area contributed by atoms with E-state index in [0.717, 1.165) is 45.1 Å². The molecule has 0 aromatic heterocycles. The number of nitrogens with one attached hydrogen (secondary N) is 2. The van der Waals surface area contributed by atoms with Gasteiger partial charge in [0.05, 0.1) is 6.10 Å². The van der Waals surface area contributed by atoms with Crippen LogP contribution in [0, 0.1) is 5.92 Å². The van der Waals surface area contributed by atoms with Crippen LogP contribution < -0.4 is 10.6 Å². The van der Waals surface area contributed by atoms with Crippen molar-refractivity contribution in [1.82, 2.24) is 10.6 Å². The Hall–Kier alpha value is -0.810. The fourth-order valence-corrected chi connectivity index (χ4v) is 3.55. The number of ether oxygens (including phenoxy) is 1. The molecule has 0 radical (unpaired) electrons. The minimum Gasteiger partial charge on any atom is -0.444 e. The maximum Gasteiger partial charge on any atom is 0.407 e. The van der Waals surface area contributed by atoms with Crippen molar-refractivity contribution in [3.63, 3.8) is 0 Å². The van der Waals surface area contributed by atoms with E-state index < -0.39 is 5.60 Å². The molecule has 0 bridgehead atoms. The number of aliphatic hydroxyl groups is 1. The first-order valence-electron chi connectivity index (χ1n) is 8.73. The molecule has 2 saturated carbocycles. The molecule has 3 N–H and O–H groups in total. The van der Waals surface area contributed by atoms with Gasteiger partial charge in [-0.25, -0.2) is 4.79 Å². The largest absolute Gasteiger partial charge is 0.444 e. The Kier molecular flexibility index (Phi) is 6.09. The van der Waals surface area contributed by atoms with Gasteiger partial charge in [-0.15, -0.1) is 0 Å². The number of carbonyl (C=O) groups is 1. The van der Waals surface area contributed by atoms with Gasteiger partial charge in [-0.1, -0.05) is 6.42 Å². The lowest BCUT2D eigenvalue weighted by Crippen LogP contribution is -2.39. The molecule has 2 aliphatic carbocycles. The minimum absolute atomic E-state index is 0.106. The number of carbonyl (C=O) groups excluding carboxylic acids is 1. The Bertz CT molecular complexity index is 367. The van der Waals surface area contributed by atoms with Crippen molar-refractivity contribution in [2.24, 2.45) is 5.92 Å². The molecule has 2 rings (SSSR count). The van der Waals surface area contributed by atoms with Gasteiger partial charge in [0.2, 0.25) is 0 Å². The summed E-state index contributed by atoms with van der Waals surface area (Å²) in [5, 5.41) is 16.3. The van der Waals surface area contributed by atoms with Crippen molar-refractivity contribution in [2.75, 3.05) is 6.54 Å². The van der Waals surface area contributed by atoms with Crippen LogP contribution in [0.3, 0.4) is 0 Å². The number of hydrogen-bond acceptors (Lipinski definition) is 4. The van der Waals surface area contributed by atoms with Gasteiger partial charge >= 0.3 is 6.09 Å². The molecule has 0 aromatic carbocycles. The third kappa shape index (κ3) is 6.13. The lowest BCUT2D eigenvalue weighted by Gasteiger charge is -2.27. The molecular weight excluding hydrogens is 280 g/mol. The maximum absolute atomic E-state index is 11.8. The summed E-state index contributed by atoms with van der Waals surface area (Å²) in [6.07, 6.45) is 6.90. The van der Waals surface area contributed by atoms with Gasteiger partial charge in [0.25, 0.3) is 0 Å². The van der Waals surface area contributed by atoms with E-state index in [4.69, 9.17) is 4.74 Å². The van der Waals surface area contributed by atoms with Crippen LogP contribution in [-0.2, 0) is 4.74 Å². The number of alkyl carbamates (subject to hydrolysis) is 1. The van der Waals surface area contributed by atoms with E-state index in [9.17, 15) is 9.90 Å². The number of amides is 1. The summed E-state index contributed by atoms with van der Waals surface area (Å²) in [5.74, 6) is 0.599. The van der Waals surface area contributed by atoms with E-state index in [0.29, 0.717) is 12.0 Å². The zero-order valence-electron chi connectivity index (χ0n) is 14.2. The Morgan fingerprint density at radius 1 is 1.14 bits per heavy atom. The van der Waals surface area contributed by atoms with Crippen LogP contribution in [-0.4, -0.2) is 41.5 Å². The zero-order valence-corrected chi connectivity index (χ0v) is 14.2. The summed E-state index contributed by atoms with van der Waals surface area (Å²) in [6.45, 7) is 6.62. The summed E-state index contributed by atoms with van der Waals surface area (Å²) in [6, 6.07) is 0.684. The zero-order chi connectivity index (χ0) is 16.2. The second-order valence-electron chi connectivity index (χ2n) is 7.95. The molecule has 1 amide bonds. The van der Waals surface area contributed by atoms with Gasteiger partial charge in [0.1, 0.15) is 5.60 Å². The molecule has 0 saturated heterocycles. The Labute approximate surface area is 134 Å². The summed E-state index contributed by atoms with van der Waals surface area (Å²) in [5.41, 5.74) is -0.442. The lowest BCUT2D eigenvalue weighted by atomic mass is 9.87. The van der Waals surface area contributed by atoms with Crippen LogP contribution in [0.2, 0.25) is 0 Å². The SMILES string of the molecule is CC(C)(C)OC(=O)NC1CCC(NCC2CCCC(O)C2)C1. The van der Waals surface area contributed by atoms with E-state index in [1.165, 1.54) is 6.42 Å². The van der Waals surface area contributed by atoms with Crippen LogP contribution >= 0.6 is 0 Å². The van der Waals surface area contributed by atoms with Gasteiger partial charge in [0.15, 0.2) is 0 Å². The van der Waals surface area contributed by atoms with Crippen LogP contribution in [0.25, 0.3) is 0 Å². The highest BCUT2D eigenvalue weighted by atomic mass is 16.6. The fourth-order valence-electron chi connectivity index (χ4n) is 3.55. The van der Waals surface area contributed by atoms with Gasteiger partial charge in [-0.2, -0.15) is 0 Å². The van der Waals surface area contributed by atoms with E-state index >= 15 is 0 Å². The molecule has 0 aromatic rings. The summed E-state index contributed by atoms with van der Waals surface area (Å²) in [4.78, 5) is 11.8. The standard InChI is InChI=1S/C17H32N2O3/c1-17(2,3)22-16(21)19-14-8-7-13(10-14)18-11-12-5-4-6-15(20)9-12/h12-15,18,20H,4-11H2,1-3H3,(H,19,21). The molecule has 5 nitrogen and oxygen atoms in total. The predicted molar refractivity (Wildman–Crippen MR) is 86.8 cm³/mol. The van der Waals surface area contributed by atoms with E-state index in [1.54, 1.807) is 0 Å². The summed E-state index contributed by atoms with van der Waals surface area (Å²) >= 11 is 0. The number of aliphatic hydroxyl groups excluding tert-OH is 1. The highest BCUT2D eigenvalue weighted by Gasteiger charge is 2.28. The first-order chi connectivity index (χ1) is 10.3. The molecule has 2 fully saturated rings. The molecule has 0 heterocycles. The Morgan fingerprint density at radius 2 is 1.86 bits per heavy atom. The monoisotopic (exact) mass is 312 g/mol. The minimum atomic E-state index is -0.442. The highest BCUT2D eigenvalue weighted by Crippen LogP contribution is 2.25. The van der Waals surface area contributed by atoms with Crippen molar-refractivity contribution >= 4 is 6.09 Å². The first-order valence-corrected chi connectivity index (χ1v) is 8.73.